The fourth-order valence-electron chi connectivity index (χ4n) is 3.60. The molecule has 0 radical (unpaired) electrons. The molecular weight excluding hydrogens is 480 g/mol. The first-order chi connectivity index (χ1) is 17.5. The van der Waals surface area contributed by atoms with Crippen LogP contribution in [-0.2, 0) is 0 Å². The van der Waals surface area contributed by atoms with Crippen molar-refractivity contribution in [2.24, 2.45) is 5.10 Å². The molecule has 0 fully saturated rings. The number of amides is 1. The monoisotopic (exact) mass is 502 g/mol. The summed E-state index contributed by atoms with van der Waals surface area (Å²) in [6.45, 7) is 0. The Labute approximate surface area is 211 Å². The number of aromatic nitrogens is 2. The molecule has 0 unspecified atom stereocenters. The molecule has 1 heterocycles. The van der Waals surface area contributed by atoms with Crippen molar-refractivity contribution >= 4 is 24.3 Å². The highest BCUT2D eigenvalue weighted by molar-refractivity contribution is 7.71. The van der Waals surface area contributed by atoms with Gasteiger partial charge in [0.2, 0.25) is 5.88 Å². The Morgan fingerprint density at radius 1 is 0.889 bits per heavy atom. The Kier molecular flexibility index (Phi) is 7.26. The summed E-state index contributed by atoms with van der Waals surface area (Å²) in [7, 11) is 2.96. The fourth-order valence-corrected chi connectivity index (χ4v) is 3.96. The van der Waals surface area contributed by atoms with Crippen molar-refractivity contribution in [1.29, 1.82) is 0 Å². The molecule has 3 aromatic carbocycles. The maximum Gasteiger partial charge on any atom is 0.271 e. The summed E-state index contributed by atoms with van der Waals surface area (Å²) in [5.74, 6) is -0.148. The van der Waals surface area contributed by atoms with Gasteiger partial charge >= 0.3 is 0 Å². The van der Waals surface area contributed by atoms with E-state index < -0.39 is 17.3 Å². The predicted molar refractivity (Wildman–Crippen MR) is 138 cm³/mol. The largest absolute Gasteiger partial charge is 0.495 e. The molecule has 2 N–H and O–H groups in total. The van der Waals surface area contributed by atoms with Gasteiger partial charge in [0, 0.05) is 5.56 Å². The molecule has 0 atom stereocenters. The number of hydrazone groups is 1. The number of hydrogen-bond acceptors (Lipinski definition) is 7. The van der Waals surface area contributed by atoms with Gasteiger partial charge in [-0.2, -0.15) is 5.10 Å². The lowest BCUT2D eigenvalue weighted by Crippen LogP contribution is -2.28. The summed E-state index contributed by atoms with van der Waals surface area (Å²) >= 11 is 5.66. The lowest BCUT2D eigenvalue weighted by molar-refractivity contribution is 0.0955. The summed E-state index contributed by atoms with van der Waals surface area (Å²) in [5, 5.41) is 15.1. The zero-order valence-electron chi connectivity index (χ0n) is 19.4. The highest BCUT2D eigenvalue weighted by atomic mass is 32.1. The minimum Gasteiger partial charge on any atom is -0.495 e. The van der Waals surface area contributed by atoms with Gasteiger partial charge in [-0.15, -0.1) is 0 Å². The van der Waals surface area contributed by atoms with Crippen LogP contribution in [0.5, 0.6) is 17.4 Å². The van der Waals surface area contributed by atoms with Crippen LogP contribution < -0.4 is 20.5 Å². The molecule has 0 spiro atoms. The van der Waals surface area contributed by atoms with Crippen LogP contribution in [0.4, 0.5) is 0 Å². The first-order valence-corrected chi connectivity index (χ1v) is 11.1. The van der Waals surface area contributed by atoms with Crippen LogP contribution in [0.3, 0.4) is 0 Å². The second-order valence-corrected chi connectivity index (χ2v) is 7.77. The van der Waals surface area contributed by atoms with E-state index in [-0.39, 0.29) is 10.3 Å². The highest BCUT2D eigenvalue weighted by Gasteiger charge is 2.21. The van der Waals surface area contributed by atoms with Crippen LogP contribution in [0.2, 0.25) is 0 Å². The lowest BCUT2D eigenvalue weighted by atomic mass is 10.2. The molecular formula is C26H22N4O5S. The van der Waals surface area contributed by atoms with Gasteiger partial charge in [-0.05, 0) is 48.6 Å². The molecule has 0 aliphatic heterocycles. The maximum absolute atomic E-state index is 13.6. The number of benzene rings is 3. The Bertz CT molecular complexity index is 1560. The van der Waals surface area contributed by atoms with Gasteiger partial charge in [0.25, 0.3) is 11.5 Å². The number of methoxy groups -OCH3 is 2. The summed E-state index contributed by atoms with van der Waals surface area (Å²) < 4.78 is 13.4. The van der Waals surface area contributed by atoms with E-state index in [1.165, 1.54) is 23.4 Å². The maximum atomic E-state index is 13.6. The Morgan fingerprint density at radius 2 is 1.42 bits per heavy atom. The van der Waals surface area contributed by atoms with Gasteiger partial charge in [0.15, 0.2) is 4.77 Å². The van der Waals surface area contributed by atoms with Crippen molar-refractivity contribution in [2.75, 3.05) is 14.2 Å². The summed E-state index contributed by atoms with van der Waals surface area (Å²) in [6.07, 6.45) is 1.07. The van der Waals surface area contributed by atoms with Crippen molar-refractivity contribution in [1.82, 2.24) is 14.6 Å². The Morgan fingerprint density at radius 3 is 2.00 bits per heavy atom. The van der Waals surface area contributed by atoms with Crippen LogP contribution in [0.15, 0.2) is 88.8 Å². The van der Waals surface area contributed by atoms with Crippen molar-refractivity contribution < 1.29 is 19.4 Å². The van der Waals surface area contributed by atoms with Gasteiger partial charge in [0.1, 0.15) is 17.1 Å². The predicted octanol–water partition coefficient (Wildman–Crippen LogP) is 3.84. The standard InChI is InChI=1S/C26H22N4O5S/c1-34-21-14-8-6-12-19(21)29-24(32)18(16-27-28-23(31)17-10-4-3-5-11-17)25(33)30(26(29)36)20-13-7-9-15-22(20)35-2/h3-16,32H,1-2H3,(H,28,31)/b27-16-. The van der Waals surface area contributed by atoms with Gasteiger partial charge in [-0.3, -0.25) is 14.2 Å². The summed E-state index contributed by atoms with van der Waals surface area (Å²) in [6, 6.07) is 22.2. The van der Waals surface area contributed by atoms with E-state index >= 15 is 0 Å². The van der Waals surface area contributed by atoms with Crippen molar-refractivity contribution in [2.45, 2.75) is 0 Å². The molecule has 1 aromatic heterocycles. The van der Waals surface area contributed by atoms with E-state index in [4.69, 9.17) is 21.7 Å². The minimum atomic E-state index is -0.661. The molecule has 182 valence electrons. The molecule has 0 bridgehead atoms. The number of carbonyl (C=O) groups excluding carboxylic acids is 1. The van der Waals surface area contributed by atoms with E-state index in [2.05, 4.69) is 10.5 Å². The van der Waals surface area contributed by atoms with Crippen molar-refractivity contribution in [3.63, 3.8) is 0 Å². The van der Waals surface area contributed by atoms with Gasteiger partial charge in [-0.1, -0.05) is 42.5 Å². The minimum absolute atomic E-state index is 0.0306. The normalized spacial score (nSPS) is 10.8. The zero-order chi connectivity index (χ0) is 25.7. The molecule has 36 heavy (non-hydrogen) atoms. The molecule has 9 nitrogen and oxygen atoms in total. The van der Waals surface area contributed by atoms with E-state index in [9.17, 15) is 14.7 Å². The highest BCUT2D eigenvalue weighted by Crippen LogP contribution is 2.29. The third-order valence-electron chi connectivity index (χ3n) is 5.32. The third-order valence-corrected chi connectivity index (χ3v) is 5.68. The van der Waals surface area contributed by atoms with Crippen LogP contribution in [0.1, 0.15) is 15.9 Å². The SMILES string of the molecule is COc1ccccc1-n1c(O)c(/C=N\NC(=O)c2ccccc2)c(=O)n(-c2ccccc2OC)c1=S. The fraction of sp³-hybridized carbons (Fsp3) is 0.0769. The van der Waals surface area contributed by atoms with Gasteiger partial charge in [0.05, 0.1) is 31.8 Å². The van der Waals surface area contributed by atoms with Crippen LogP contribution in [0.25, 0.3) is 11.4 Å². The van der Waals surface area contributed by atoms with Crippen molar-refractivity contribution in [3.8, 4) is 28.8 Å². The average molecular weight is 503 g/mol. The number of nitrogens with zero attached hydrogens (tertiary/aromatic N) is 3. The number of ether oxygens (including phenoxy) is 2. The molecule has 0 aliphatic carbocycles. The number of carbonyl (C=O) groups is 1. The first kappa shape index (κ1) is 24.4. The zero-order valence-corrected chi connectivity index (χ0v) is 20.2. The smallest absolute Gasteiger partial charge is 0.271 e. The number of hydrogen-bond donors (Lipinski definition) is 2. The number of nitrogens with one attached hydrogen (secondary N) is 1. The Hall–Kier alpha value is -4.70. The number of rotatable bonds is 7. The first-order valence-electron chi connectivity index (χ1n) is 10.7. The van der Waals surface area contributed by atoms with E-state index in [0.717, 1.165) is 6.21 Å². The van der Waals surface area contributed by atoms with Gasteiger partial charge in [-0.25, -0.2) is 9.99 Å². The van der Waals surface area contributed by atoms with E-state index in [1.807, 2.05) is 0 Å². The van der Waals surface area contributed by atoms with E-state index in [1.54, 1.807) is 78.9 Å². The molecule has 10 heteroatoms. The molecule has 0 aliphatic rings. The molecule has 0 saturated heterocycles. The summed E-state index contributed by atoms with van der Waals surface area (Å²) in [4.78, 5) is 26.0. The van der Waals surface area contributed by atoms with Crippen molar-refractivity contribution in [3.05, 3.63) is 105 Å². The van der Waals surface area contributed by atoms with Crippen LogP contribution >= 0.6 is 12.2 Å². The molecule has 0 saturated carbocycles. The molecule has 4 rings (SSSR count). The Balaban J connectivity index is 1.93. The average Bonchev–Trinajstić information content (AvgIpc) is 2.91. The summed E-state index contributed by atoms with van der Waals surface area (Å²) in [5.41, 5.74) is 2.64. The lowest BCUT2D eigenvalue weighted by Gasteiger charge is -2.19. The third kappa shape index (κ3) is 4.62. The molecule has 4 aromatic rings. The number of para-hydroxylation sites is 4. The second-order valence-electron chi connectivity index (χ2n) is 7.40. The number of aromatic hydroxyl groups is 1. The van der Waals surface area contributed by atoms with Gasteiger partial charge < -0.3 is 14.6 Å². The quantitative estimate of drug-likeness (QED) is 0.226. The second kappa shape index (κ2) is 10.7. The molecule has 1 amide bonds. The van der Waals surface area contributed by atoms with E-state index in [0.29, 0.717) is 28.4 Å². The van der Waals surface area contributed by atoms with Crippen LogP contribution in [0, 0.1) is 4.77 Å². The topological polar surface area (TPSA) is 107 Å². The van der Waals surface area contributed by atoms with Crippen LogP contribution in [-0.4, -0.2) is 40.6 Å².